The molecule has 1 fully saturated rings. The molecule has 2 N–H and O–H groups in total. The van der Waals surface area contributed by atoms with Crippen LogP contribution in [0.25, 0.3) is 11.2 Å². The summed E-state index contributed by atoms with van der Waals surface area (Å²) in [6.07, 6.45) is 4.24. The highest BCUT2D eigenvalue weighted by molar-refractivity contribution is 7.91. The molecule has 0 unspecified atom stereocenters. The van der Waals surface area contributed by atoms with Gasteiger partial charge in [0.15, 0.2) is 11.5 Å². The number of hydrogen-bond acceptors (Lipinski definition) is 6. The highest BCUT2D eigenvalue weighted by atomic mass is 32.2. The minimum Gasteiger partial charge on any atom is -0.365 e. The number of fused-ring (bicyclic) bond motifs is 1. The van der Waals surface area contributed by atoms with Gasteiger partial charge in [-0.2, -0.15) is 0 Å². The molecule has 7 nitrogen and oxygen atoms in total. The lowest BCUT2D eigenvalue weighted by molar-refractivity contribution is 0.559. The first kappa shape index (κ1) is 11.4. The van der Waals surface area contributed by atoms with Gasteiger partial charge in [0.05, 0.1) is 17.8 Å². The van der Waals surface area contributed by atoms with Crippen molar-refractivity contribution >= 4 is 26.8 Å². The maximum Gasteiger partial charge on any atom is 0.182 e. The Kier molecular flexibility index (Phi) is 2.66. The normalized spacial score (nSPS) is 20.0. The maximum absolute atomic E-state index is 11.4. The fourth-order valence-electron chi connectivity index (χ4n) is 2.10. The number of sulfone groups is 1. The molecule has 0 saturated carbocycles. The van der Waals surface area contributed by atoms with Gasteiger partial charge < -0.3 is 10.3 Å². The second-order valence-electron chi connectivity index (χ2n) is 4.39. The number of H-pyrrole nitrogens is 1. The smallest absolute Gasteiger partial charge is 0.182 e. The number of aromatic nitrogens is 4. The molecule has 8 heteroatoms. The van der Waals surface area contributed by atoms with Gasteiger partial charge in [0, 0.05) is 6.04 Å². The Labute approximate surface area is 104 Å². The van der Waals surface area contributed by atoms with Crippen LogP contribution >= 0.6 is 0 Å². The average molecular weight is 267 g/mol. The van der Waals surface area contributed by atoms with Gasteiger partial charge in [-0.05, 0) is 12.8 Å². The molecule has 1 aliphatic rings. The fraction of sp³-hybridized carbons (Fsp3) is 0.500. The third-order valence-electron chi connectivity index (χ3n) is 3.12. The molecule has 0 aliphatic carbocycles. The average Bonchev–Trinajstić information content (AvgIpc) is 2.81. The Hall–Kier alpha value is -1.70. The van der Waals surface area contributed by atoms with Crippen LogP contribution in [-0.2, 0) is 9.84 Å². The standard InChI is InChI=1S/C10H13N5O2S/c16-18(17)3-1-7(2-4-18)15-10-8-9(12-5-11-8)13-6-14-10/h5-7H,1-4H2,(H2,11,12,13,14,15). The first-order valence-corrected chi connectivity index (χ1v) is 7.57. The van der Waals surface area contributed by atoms with Gasteiger partial charge in [0.1, 0.15) is 21.7 Å². The van der Waals surface area contributed by atoms with Crippen molar-refractivity contribution in [2.75, 3.05) is 16.8 Å². The number of hydrogen-bond donors (Lipinski definition) is 2. The van der Waals surface area contributed by atoms with E-state index in [4.69, 9.17) is 0 Å². The molecule has 1 aliphatic heterocycles. The highest BCUT2D eigenvalue weighted by Crippen LogP contribution is 2.20. The third kappa shape index (κ3) is 2.15. The van der Waals surface area contributed by atoms with Gasteiger partial charge in [-0.15, -0.1) is 0 Å². The number of nitrogens with zero attached hydrogens (tertiary/aromatic N) is 3. The number of anilines is 1. The Morgan fingerprint density at radius 2 is 2.00 bits per heavy atom. The van der Waals surface area contributed by atoms with Crippen molar-refractivity contribution in [2.45, 2.75) is 18.9 Å². The SMILES string of the molecule is O=S1(=O)CCC(Nc2ncnc3nc[nH]c23)CC1. The third-order valence-corrected chi connectivity index (χ3v) is 4.83. The minimum atomic E-state index is -2.83. The molecule has 18 heavy (non-hydrogen) atoms. The molecule has 0 aromatic carbocycles. The van der Waals surface area contributed by atoms with Crippen LogP contribution in [0, 0.1) is 0 Å². The summed E-state index contributed by atoms with van der Waals surface area (Å²) in [6, 6.07) is 0.134. The molecular weight excluding hydrogens is 254 g/mol. The largest absolute Gasteiger partial charge is 0.365 e. The second kappa shape index (κ2) is 4.20. The van der Waals surface area contributed by atoms with Gasteiger partial charge in [-0.25, -0.2) is 23.4 Å². The van der Waals surface area contributed by atoms with E-state index in [1.165, 1.54) is 6.33 Å². The minimum absolute atomic E-state index is 0.134. The maximum atomic E-state index is 11.4. The van der Waals surface area contributed by atoms with Crippen LogP contribution in [0.4, 0.5) is 5.82 Å². The lowest BCUT2D eigenvalue weighted by atomic mass is 10.1. The van der Waals surface area contributed by atoms with Crippen molar-refractivity contribution in [3.8, 4) is 0 Å². The molecule has 0 radical (unpaired) electrons. The Morgan fingerprint density at radius 1 is 1.22 bits per heavy atom. The zero-order valence-corrected chi connectivity index (χ0v) is 10.4. The van der Waals surface area contributed by atoms with Gasteiger partial charge in [0.25, 0.3) is 0 Å². The Balaban J connectivity index is 1.79. The van der Waals surface area contributed by atoms with Crippen LogP contribution in [0.2, 0.25) is 0 Å². The van der Waals surface area contributed by atoms with E-state index in [0.717, 1.165) is 5.52 Å². The van der Waals surface area contributed by atoms with Crippen molar-refractivity contribution in [2.24, 2.45) is 0 Å². The number of nitrogens with one attached hydrogen (secondary N) is 2. The van der Waals surface area contributed by atoms with Gasteiger partial charge in [-0.3, -0.25) is 0 Å². The van der Waals surface area contributed by atoms with Crippen molar-refractivity contribution < 1.29 is 8.42 Å². The molecule has 0 bridgehead atoms. The van der Waals surface area contributed by atoms with Crippen molar-refractivity contribution in [3.63, 3.8) is 0 Å². The first-order valence-electron chi connectivity index (χ1n) is 5.75. The van der Waals surface area contributed by atoms with Gasteiger partial charge >= 0.3 is 0 Å². The molecule has 3 rings (SSSR count). The van der Waals surface area contributed by atoms with Crippen molar-refractivity contribution in [1.82, 2.24) is 19.9 Å². The van der Waals surface area contributed by atoms with E-state index in [1.54, 1.807) is 6.33 Å². The van der Waals surface area contributed by atoms with Gasteiger partial charge in [0.2, 0.25) is 0 Å². The molecule has 2 aromatic rings. The summed E-state index contributed by atoms with van der Waals surface area (Å²) in [5, 5.41) is 3.26. The molecular formula is C10H13N5O2S. The summed E-state index contributed by atoms with van der Waals surface area (Å²) in [7, 11) is -2.83. The Bertz CT molecular complexity index is 652. The van der Waals surface area contributed by atoms with E-state index in [1.807, 2.05) is 0 Å². The van der Waals surface area contributed by atoms with E-state index < -0.39 is 9.84 Å². The van der Waals surface area contributed by atoms with Crippen LogP contribution < -0.4 is 5.32 Å². The number of aromatic amines is 1. The molecule has 96 valence electrons. The molecule has 1 saturated heterocycles. The summed E-state index contributed by atoms with van der Waals surface area (Å²) in [5.74, 6) is 1.16. The van der Waals surface area contributed by atoms with E-state index in [2.05, 4.69) is 25.3 Å². The van der Waals surface area contributed by atoms with Crippen LogP contribution in [0.1, 0.15) is 12.8 Å². The molecule has 0 amide bonds. The van der Waals surface area contributed by atoms with Crippen LogP contribution in [-0.4, -0.2) is 45.9 Å². The quantitative estimate of drug-likeness (QED) is 0.814. The molecule has 0 spiro atoms. The Morgan fingerprint density at radius 3 is 2.78 bits per heavy atom. The zero-order chi connectivity index (χ0) is 12.6. The fourth-order valence-corrected chi connectivity index (χ4v) is 3.59. The van der Waals surface area contributed by atoms with Gasteiger partial charge in [-0.1, -0.05) is 0 Å². The summed E-state index contributed by atoms with van der Waals surface area (Å²) in [4.78, 5) is 15.2. The first-order chi connectivity index (χ1) is 8.64. The zero-order valence-electron chi connectivity index (χ0n) is 9.63. The molecule has 3 heterocycles. The van der Waals surface area contributed by atoms with Crippen LogP contribution in [0.3, 0.4) is 0 Å². The lowest BCUT2D eigenvalue weighted by Gasteiger charge is -2.23. The van der Waals surface area contributed by atoms with E-state index in [0.29, 0.717) is 24.3 Å². The second-order valence-corrected chi connectivity index (χ2v) is 6.70. The topological polar surface area (TPSA) is 101 Å². The molecule has 2 aromatic heterocycles. The van der Waals surface area contributed by atoms with Crippen molar-refractivity contribution in [3.05, 3.63) is 12.7 Å². The van der Waals surface area contributed by atoms with E-state index in [9.17, 15) is 8.42 Å². The number of rotatable bonds is 2. The van der Waals surface area contributed by atoms with Crippen LogP contribution in [0.15, 0.2) is 12.7 Å². The summed E-state index contributed by atoms with van der Waals surface area (Å²) in [6.45, 7) is 0. The monoisotopic (exact) mass is 267 g/mol. The molecule has 0 atom stereocenters. The summed E-state index contributed by atoms with van der Waals surface area (Å²) >= 11 is 0. The predicted molar refractivity (Wildman–Crippen MR) is 67.0 cm³/mol. The van der Waals surface area contributed by atoms with E-state index >= 15 is 0 Å². The summed E-state index contributed by atoms with van der Waals surface area (Å²) in [5.41, 5.74) is 1.36. The number of imidazole rings is 1. The van der Waals surface area contributed by atoms with Crippen molar-refractivity contribution in [1.29, 1.82) is 0 Å². The summed E-state index contributed by atoms with van der Waals surface area (Å²) < 4.78 is 22.7. The predicted octanol–water partition coefficient (Wildman–Crippen LogP) is 0.342. The van der Waals surface area contributed by atoms with E-state index in [-0.39, 0.29) is 17.5 Å². The van der Waals surface area contributed by atoms with Crippen LogP contribution in [0.5, 0.6) is 0 Å². The highest BCUT2D eigenvalue weighted by Gasteiger charge is 2.24. The lowest BCUT2D eigenvalue weighted by Crippen LogP contribution is -2.32.